The van der Waals surface area contributed by atoms with Crippen molar-refractivity contribution in [2.45, 2.75) is 44.0 Å². The summed E-state index contributed by atoms with van der Waals surface area (Å²) in [6.45, 7) is 0. The van der Waals surface area contributed by atoms with Gasteiger partial charge in [-0.2, -0.15) is 0 Å². The molecule has 13 heavy (non-hydrogen) atoms. The van der Waals surface area contributed by atoms with Gasteiger partial charge >= 0.3 is 7.82 Å². The lowest BCUT2D eigenvalue weighted by Crippen LogP contribution is -2.18. The highest BCUT2D eigenvalue weighted by Crippen LogP contribution is 2.45. The molecule has 6 heteroatoms. The van der Waals surface area contributed by atoms with Gasteiger partial charge in [-0.25, -0.2) is 4.57 Å². The highest BCUT2D eigenvalue weighted by atomic mass is 31.2. The van der Waals surface area contributed by atoms with E-state index in [0.29, 0.717) is 6.42 Å². The summed E-state index contributed by atoms with van der Waals surface area (Å²) in [5.74, 6) is 0. The molecule has 1 saturated heterocycles. The first-order valence-electron chi connectivity index (χ1n) is 4.46. The number of ether oxygens (including phenoxy) is 1. The monoisotopic (exact) mass is 208 g/mol. The van der Waals surface area contributed by atoms with Crippen LogP contribution in [-0.2, 0) is 13.8 Å². The lowest BCUT2D eigenvalue weighted by molar-refractivity contribution is 0.0995. The van der Waals surface area contributed by atoms with Crippen LogP contribution in [0.15, 0.2) is 0 Å². The topological polar surface area (TPSA) is 79.3 Å². The minimum Gasteiger partial charge on any atom is -0.367 e. The molecule has 1 aliphatic carbocycles. The van der Waals surface area contributed by atoms with E-state index in [2.05, 4.69) is 4.52 Å². The van der Waals surface area contributed by atoms with E-state index in [0.717, 1.165) is 19.3 Å². The number of rotatable bonds is 2. The summed E-state index contributed by atoms with van der Waals surface area (Å²) in [6, 6.07) is 0. The van der Waals surface area contributed by atoms with E-state index in [1.54, 1.807) is 0 Å². The molecular weight excluding hydrogens is 195 g/mol. The van der Waals surface area contributed by atoms with Gasteiger partial charge in [-0.15, -0.1) is 0 Å². The van der Waals surface area contributed by atoms with Crippen LogP contribution in [0.3, 0.4) is 0 Å². The van der Waals surface area contributed by atoms with Crippen molar-refractivity contribution in [2.75, 3.05) is 0 Å². The summed E-state index contributed by atoms with van der Waals surface area (Å²) in [4.78, 5) is 17.3. The van der Waals surface area contributed by atoms with Crippen LogP contribution in [0.4, 0.5) is 0 Å². The Hall–Kier alpha value is 0.0700. The molecule has 76 valence electrons. The van der Waals surface area contributed by atoms with Gasteiger partial charge in [0.2, 0.25) is 0 Å². The van der Waals surface area contributed by atoms with Crippen LogP contribution in [-0.4, -0.2) is 28.1 Å². The number of phosphoric ester groups is 1. The lowest BCUT2D eigenvalue weighted by Gasteiger charge is -2.14. The molecule has 1 heterocycles. The third-order valence-corrected chi connectivity index (χ3v) is 3.03. The van der Waals surface area contributed by atoms with Crippen molar-refractivity contribution in [3.05, 3.63) is 0 Å². The molecule has 2 rings (SSSR count). The smallest absolute Gasteiger partial charge is 0.367 e. The van der Waals surface area contributed by atoms with Crippen molar-refractivity contribution in [2.24, 2.45) is 0 Å². The van der Waals surface area contributed by atoms with E-state index in [-0.39, 0.29) is 12.2 Å². The van der Waals surface area contributed by atoms with Crippen molar-refractivity contribution < 1.29 is 23.6 Å². The normalized spacial score (nSPS) is 39.4. The van der Waals surface area contributed by atoms with Crippen LogP contribution in [0.1, 0.15) is 25.7 Å². The van der Waals surface area contributed by atoms with Crippen molar-refractivity contribution in [1.82, 2.24) is 0 Å². The van der Waals surface area contributed by atoms with Crippen LogP contribution in [0, 0.1) is 0 Å². The third kappa shape index (κ3) is 2.51. The maximum Gasteiger partial charge on any atom is 0.469 e. The second-order valence-electron chi connectivity index (χ2n) is 3.56. The fraction of sp³-hybridized carbons (Fsp3) is 1.00. The van der Waals surface area contributed by atoms with E-state index >= 15 is 0 Å². The van der Waals surface area contributed by atoms with E-state index in [4.69, 9.17) is 14.5 Å². The number of epoxide rings is 1. The van der Waals surface area contributed by atoms with E-state index in [9.17, 15) is 4.57 Å². The molecule has 2 N–H and O–H groups in total. The second-order valence-corrected chi connectivity index (χ2v) is 4.75. The molecule has 1 aliphatic heterocycles. The maximum absolute atomic E-state index is 10.6. The first kappa shape index (κ1) is 9.62. The maximum atomic E-state index is 10.6. The summed E-state index contributed by atoms with van der Waals surface area (Å²) in [5, 5.41) is 0. The molecule has 1 saturated carbocycles. The average Bonchev–Trinajstić information content (AvgIpc) is 2.69. The number of fused-ring (bicyclic) bond motifs is 1. The predicted molar refractivity (Wildman–Crippen MR) is 44.0 cm³/mol. The van der Waals surface area contributed by atoms with Gasteiger partial charge in [0.05, 0.1) is 12.2 Å². The minimum absolute atomic E-state index is 0.0740. The highest BCUT2D eigenvalue weighted by Gasteiger charge is 2.48. The van der Waals surface area contributed by atoms with E-state index < -0.39 is 13.9 Å². The summed E-state index contributed by atoms with van der Waals surface area (Å²) in [5.41, 5.74) is 0. The summed E-state index contributed by atoms with van der Waals surface area (Å²) in [7, 11) is -4.34. The molecule has 0 aromatic heterocycles. The second kappa shape index (κ2) is 3.33. The van der Waals surface area contributed by atoms with Crippen molar-refractivity contribution in [3.8, 4) is 0 Å². The van der Waals surface area contributed by atoms with Crippen LogP contribution in [0.2, 0.25) is 0 Å². The molecule has 2 aliphatic rings. The molecular formula is C7H13O5P. The minimum atomic E-state index is -4.34. The predicted octanol–water partition coefficient (Wildman–Crippen LogP) is 0.806. The molecule has 3 unspecified atom stereocenters. The first-order valence-corrected chi connectivity index (χ1v) is 5.99. The number of hydrogen-bond acceptors (Lipinski definition) is 3. The Kier molecular flexibility index (Phi) is 2.47. The Labute approximate surface area is 76.3 Å². The summed E-state index contributed by atoms with van der Waals surface area (Å²) < 4.78 is 20.5. The van der Waals surface area contributed by atoms with Crippen molar-refractivity contribution in [1.29, 1.82) is 0 Å². The van der Waals surface area contributed by atoms with Crippen molar-refractivity contribution >= 4 is 7.82 Å². The Morgan fingerprint density at radius 2 is 2.00 bits per heavy atom. The highest BCUT2D eigenvalue weighted by molar-refractivity contribution is 7.46. The first-order chi connectivity index (χ1) is 6.06. The number of hydrogen-bond donors (Lipinski definition) is 2. The van der Waals surface area contributed by atoms with Gasteiger partial charge in [0, 0.05) is 0 Å². The largest absolute Gasteiger partial charge is 0.469 e. The van der Waals surface area contributed by atoms with Crippen LogP contribution < -0.4 is 0 Å². The van der Waals surface area contributed by atoms with Crippen LogP contribution >= 0.6 is 7.82 Å². The summed E-state index contributed by atoms with van der Waals surface area (Å²) >= 11 is 0. The van der Waals surface area contributed by atoms with E-state index in [1.165, 1.54) is 0 Å². The van der Waals surface area contributed by atoms with Crippen LogP contribution in [0.25, 0.3) is 0 Å². The molecule has 0 radical (unpaired) electrons. The zero-order valence-corrected chi connectivity index (χ0v) is 8.02. The molecule has 0 bridgehead atoms. The van der Waals surface area contributed by atoms with Gasteiger partial charge in [0.1, 0.15) is 6.10 Å². The van der Waals surface area contributed by atoms with Crippen molar-refractivity contribution in [3.63, 3.8) is 0 Å². The zero-order chi connectivity index (χ0) is 9.47. The molecule has 3 atom stereocenters. The molecule has 0 spiro atoms. The Morgan fingerprint density at radius 1 is 1.31 bits per heavy atom. The Bertz CT molecular complexity index is 237. The van der Waals surface area contributed by atoms with Gasteiger partial charge in [0.25, 0.3) is 0 Å². The fourth-order valence-corrected chi connectivity index (χ4v) is 2.44. The van der Waals surface area contributed by atoms with Gasteiger partial charge in [-0.05, 0) is 12.8 Å². The van der Waals surface area contributed by atoms with Gasteiger partial charge < -0.3 is 14.5 Å². The fourth-order valence-electron chi connectivity index (χ4n) is 1.86. The quantitative estimate of drug-likeness (QED) is 0.518. The molecule has 0 aromatic carbocycles. The Morgan fingerprint density at radius 3 is 2.69 bits per heavy atom. The number of phosphoric acid groups is 1. The molecule has 5 nitrogen and oxygen atoms in total. The van der Waals surface area contributed by atoms with Gasteiger partial charge in [-0.3, -0.25) is 4.52 Å². The SMILES string of the molecule is O=P(O)(O)OC1CCCCC2OC21. The Balaban J connectivity index is 1.94. The standard InChI is InChI=1S/C7H13O5P/c8-13(9,10)12-6-4-2-1-3-5-7(6)11-5/h5-7H,1-4H2,(H2,8,9,10). The average molecular weight is 208 g/mol. The summed E-state index contributed by atoms with van der Waals surface area (Å²) in [6.07, 6.45) is 3.39. The van der Waals surface area contributed by atoms with Gasteiger partial charge in [0.15, 0.2) is 0 Å². The lowest BCUT2D eigenvalue weighted by atomic mass is 10.2. The van der Waals surface area contributed by atoms with E-state index in [1.807, 2.05) is 0 Å². The molecule has 2 fully saturated rings. The third-order valence-electron chi connectivity index (χ3n) is 2.49. The van der Waals surface area contributed by atoms with Crippen LogP contribution in [0.5, 0.6) is 0 Å². The zero-order valence-electron chi connectivity index (χ0n) is 7.13. The molecule has 0 amide bonds. The molecule has 0 aromatic rings. The van der Waals surface area contributed by atoms with Gasteiger partial charge in [-0.1, -0.05) is 12.8 Å².